The molecule has 0 atom stereocenters. The number of hydrogen-bond donors (Lipinski definition) is 1. The van der Waals surface area contributed by atoms with E-state index in [1.807, 2.05) is 12.1 Å². The largest absolute Gasteiger partial charge is 0.355 e. The third-order valence-corrected chi connectivity index (χ3v) is 4.69. The smallest absolute Gasteiger partial charge is 0.234 e. The Bertz CT molecular complexity index is 710. The van der Waals surface area contributed by atoms with Crippen LogP contribution in [0.3, 0.4) is 0 Å². The standard InChI is InChI=1S/C21H25FN2O/c1-16-4-2-3-5-18(16)12-13-23-21(25)15-24(20-10-11-20)14-17-6-8-19(22)9-7-17/h2-9,20H,10-15H2,1H3,(H,23,25). The van der Waals surface area contributed by atoms with Crippen LogP contribution < -0.4 is 5.32 Å². The molecule has 0 saturated heterocycles. The summed E-state index contributed by atoms with van der Waals surface area (Å²) in [5.74, 6) is -0.168. The van der Waals surface area contributed by atoms with E-state index >= 15 is 0 Å². The van der Waals surface area contributed by atoms with Crippen molar-refractivity contribution in [2.75, 3.05) is 13.1 Å². The van der Waals surface area contributed by atoms with Crippen LogP contribution in [0.2, 0.25) is 0 Å². The predicted octanol–water partition coefficient (Wildman–Crippen LogP) is 3.46. The second-order valence-corrected chi connectivity index (χ2v) is 6.79. The summed E-state index contributed by atoms with van der Waals surface area (Å²) in [6.07, 6.45) is 3.12. The molecule has 2 aromatic carbocycles. The molecule has 0 bridgehead atoms. The molecular formula is C21H25FN2O. The minimum atomic E-state index is -0.226. The second-order valence-electron chi connectivity index (χ2n) is 6.79. The maximum atomic E-state index is 13.0. The number of nitrogens with one attached hydrogen (secondary N) is 1. The van der Waals surface area contributed by atoms with E-state index in [4.69, 9.17) is 0 Å². The monoisotopic (exact) mass is 340 g/mol. The first kappa shape index (κ1) is 17.6. The van der Waals surface area contributed by atoms with Crippen LogP contribution in [-0.2, 0) is 17.8 Å². The molecule has 2 aromatic rings. The zero-order chi connectivity index (χ0) is 17.6. The Balaban J connectivity index is 1.48. The summed E-state index contributed by atoms with van der Waals surface area (Å²) in [6, 6.07) is 15.3. The van der Waals surface area contributed by atoms with Crippen molar-refractivity contribution < 1.29 is 9.18 Å². The minimum absolute atomic E-state index is 0.0580. The molecule has 1 fully saturated rings. The van der Waals surface area contributed by atoms with Gasteiger partial charge in [0.25, 0.3) is 0 Å². The van der Waals surface area contributed by atoms with Gasteiger partial charge in [-0.1, -0.05) is 36.4 Å². The average molecular weight is 340 g/mol. The third kappa shape index (κ3) is 5.40. The lowest BCUT2D eigenvalue weighted by Crippen LogP contribution is -2.38. The lowest BCUT2D eigenvalue weighted by Gasteiger charge is -2.21. The second kappa shape index (κ2) is 8.26. The van der Waals surface area contributed by atoms with Gasteiger partial charge in [0.05, 0.1) is 6.54 Å². The Hall–Kier alpha value is -2.20. The SMILES string of the molecule is Cc1ccccc1CCNC(=O)CN(Cc1ccc(F)cc1)C1CC1. The number of amides is 1. The zero-order valence-electron chi connectivity index (χ0n) is 14.7. The molecule has 1 aliphatic carbocycles. The molecule has 0 aromatic heterocycles. The van der Waals surface area contributed by atoms with E-state index in [9.17, 15) is 9.18 Å². The highest BCUT2D eigenvalue weighted by molar-refractivity contribution is 5.78. The van der Waals surface area contributed by atoms with Gasteiger partial charge in [-0.25, -0.2) is 4.39 Å². The topological polar surface area (TPSA) is 32.3 Å². The summed E-state index contributed by atoms with van der Waals surface area (Å²) in [6.45, 7) is 3.83. The lowest BCUT2D eigenvalue weighted by atomic mass is 10.1. The van der Waals surface area contributed by atoms with Gasteiger partial charge in [-0.05, 0) is 55.0 Å². The average Bonchev–Trinajstić information content (AvgIpc) is 3.43. The summed E-state index contributed by atoms with van der Waals surface area (Å²) in [4.78, 5) is 14.5. The first-order valence-electron chi connectivity index (χ1n) is 8.91. The van der Waals surface area contributed by atoms with E-state index in [1.54, 1.807) is 12.1 Å². The van der Waals surface area contributed by atoms with E-state index < -0.39 is 0 Å². The van der Waals surface area contributed by atoms with E-state index in [-0.39, 0.29) is 11.7 Å². The van der Waals surface area contributed by atoms with E-state index in [1.165, 1.54) is 23.3 Å². The van der Waals surface area contributed by atoms with Crippen LogP contribution >= 0.6 is 0 Å². The fourth-order valence-electron chi connectivity index (χ4n) is 3.05. The highest BCUT2D eigenvalue weighted by atomic mass is 19.1. The molecule has 0 radical (unpaired) electrons. The number of nitrogens with zero attached hydrogens (tertiary/aromatic N) is 1. The molecule has 0 unspecified atom stereocenters. The maximum absolute atomic E-state index is 13.0. The van der Waals surface area contributed by atoms with Crippen LogP contribution in [0, 0.1) is 12.7 Å². The Morgan fingerprint density at radius 1 is 1.16 bits per heavy atom. The fourth-order valence-corrected chi connectivity index (χ4v) is 3.05. The van der Waals surface area contributed by atoms with Crippen molar-refractivity contribution in [1.82, 2.24) is 10.2 Å². The van der Waals surface area contributed by atoms with Crippen molar-refractivity contribution in [3.8, 4) is 0 Å². The molecule has 25 heavy (non-hydrogen) atoms. The van der Waals surface area contributed by atoms with Crippen LogP contribution in [-0.4, -0.2) is 29.9 Å². The Labute approximate surface area is 148 Å². The summed E-state index contributed by atoms with van der Waals surface area (Å²) in [5, 5.41) is 3.03. The van der Waals surface area contributed by atoms with Crippen molar-refractivity contribution >= 4 is 5.91 Å². The normalized spacial score (nSPS) is 13.9. The van der Waals surface area contributed by atoms with E-state index in [2.05, 4.69) is 29.3 Å². The van der Waals surface area contributed by atoms with Gasteiger partial charge >= 0.3 is 0 Å². The first-order valence-corrected chi connectivity index (χ1v) is 8.91. The molecule has 0 spiro atoms. The van der Waals surface area contributed by atoms with Crippen molar-refractivity contribution in [3.05, 3.63) is 71.0 Å². The Morgan fingerprint density at radius 2 is 1.88 bits per heavy atom. The molecule has 3 nitrogen and oxygen atoms in total. The molecule has 4 heteroatoms. The molecule has 1 N–H and O–H groups in total. The van der Waals surface area contributed by atoms with E-state index in [0.717, 1.165) is 24.8 Å². The van der Waals surface area contributed by atoms with Crippen molar-refractivity contribution in [1.29, 1.82) is 0 Å². The molecular weight excluding hydrogens is 315 g/mol. The molecule has 0 aliphatic heterocycles. The molecule has 1 amide bonds. The van der Waals surface area contributed by atoms with Crippen molar-refractivity contribution in [2.45, 2.75) is 38.8 Å². The number of aryl methyl sites for hydroxylation is 1. The van der Waals surface area contributed by atoms with Gasteiger partial charge in [0.15, 0.2) is 0 Å². The van der Waals surface area contributed by atoms with E-state index in [0.29, 0.717) is 25.7 Å². The molecule has 1 aliphatic rings. The van der Waals surface area contributed by atoms with Gasteiger partial charge in [0.1, 0.15) is 5.82 Å². The number of hydrogen-bond acceptors (Lipinski definition) is 2. The minimum Gasteiger partial charge on any atom is -0.355 e. The summed E-state index contributed by atoms with van der Waals surface area (Å²) in [7, 11) is 0. The Morgan fingerprint density at radius 3 is 2.56 bits per heavy atom. The summed E-state index contributed by atoms with van der Waals surface area (Å²) < 4.78 is 13.0. The van der Waals surface area contributed by atoms with Crippen LogP contribution in [0.25, 0.3) is 0 Å². The number of benzene rings is 2. The molecule has 3 rings (SSSR count). The third-order valence-electron chi connectivity index (χ3n) is 4.69. The predicted molar refractivity (Wildman–Crippen MR) is 97.7 cm³/mol. The van der Waals surface area contributed by atoms with Crippen LogP contribution in [0.15, 0.2) is 48.5 Å². The number of halogens is 1. The number of rotatable bonds is 8. The van der Waals surface area contributed by atoms with Crippen molar-refractivity contribution in [2.24, 2.45) is 0 Å². The van der Waals surface area contributed by atoms with Crippen LogP contribution in [0.5, 0.6) is 0 Å². The van der Waals surface area contributed by atoms with Gasteiger partial charge in [-0.15, -0.1) is 0 Å². The Kier molecular flexibility index (Phi) is 5.82. The highest BCUT2D eigenvalue weighted by Crippen LogP contribution is 2.28. The van der Waals surface area contributed by atoms with Gasteiger partial charge in [-0.2, -0.15) is 0 Å². The fraction of sp³-hybridized carbons (Fsp3) is 0.381. The van der Waals surface area contributed by atoms with Gasteiger partial charge in [0, 0.05) is 19.1 Å². The number of carbonyl (C=O) groups excluding carboxylic acids is 1. The lowest BCUT2D eigenvalue weighted by molar-refractivity contribution is -0.122. The summed E-state index contributed by atoms with van der Waals surface area (Å²) in [5.41, 5.74) is 3.57. The van der Waals surface area contributed by atoms with Crippen molar-refractivity contribution in [3.63, 3.8) is 0 Å². The van der Waals surface area contributed by atoms with Crippen LogP contribution in [0.4, 0.5) is 4.39 Å². The van der Waals surface area contributed by atoms with Gasteiger partial charge in [0.2, 0.25) is 5.91 Å². The number of carbonyl (C=O) groups is 1. The molecule has 0 heterocycles. The first-order chi connectivity index (χ1) is 12.1. The highest BCUT2D eigenvalue weighted by Gasteiger charge is 2.30. The maximum Gasteiger partial charge on any atom is 0.234 e. The zero-order valence-corrected chi connectivity index (χ0v) is 14.7. The molecule has 1 saturated carbocycles. The quantitative estimate of drug-likeness (QED) is 0.798. The van der Waals surface area contributed by atoms with Gasteiger partial charge in [-0.3, -0.25) is 9.69 Å². The molecule has 132 valence electrons. The van der Waals surface area contributed by atoms with Crippen LogP contribution in [0.1, 0.15) is 29.5 Å². The summed E-state index contributed by atoms with van der Waals surface area (Å²) >= 11 is 0. The van der Waals surface area contributed by atoms with Gasteiger partial charge < -0.3 is 5.32 Å².